The number of rotatable bonds is 5. The lowest BCUT2D eigenvalue weighted by molar-refractivity contribution is 0.102. The molecule has 0 fully saturated rings. The van der Waals surface area contributed by atoms with Crippen LogP contribution in [0.2, 0.25) is 0 Å². The summed E-state index contributed by atoms with van der Waals surface area (Å²) in [6.07, 6.45) is 3.43. The van der Waals surface area contributed by atoms with Gasteiger partial charge in [0.05, 0.1) is 16.9 Å². The minimum absolute atomic E-state index is 0.171. The Morgan fingerprint density at radius 3 is 2.69 bits per heavy atom. The predicted molar refractivity (Wildman–Crippen MR) is 117 cm³/mol. The number of H-pyrrole nitrogens is 1. The third kappa shape index (κ3) is 3.35. The Bertz CT molecular complexity index is 1450. The van der Waals surface area contributed by atoms with E-state index >= 15 is 0 Å². The number of imidazole rings is 1. The molecule has 0 aliphatic heterocycles. The second-order valence-corrected chi connectivity index (χ2v) is 7.30. The van der Waals surface area contributed by atoms with Crippen molar-refractivity contribution in [2.45, 2.75) is 13.5 Å². The standard InChI is InChI=1S/C24H18F2N4O2/c1-14-22(24(31)29-20-12-27-19-9-3-2-6-15(19)20)30-11-5-10-21(23(30)28-14)32-13-16-17(25)7-4-8-18(16)26/h2-12,27H,13H2,1H3,(H,29,31). The van der Waals surface area contributed by atoms with Gasteiger partial charge in [-0.15, -0.1) is 0 Å². The lowest BCUT2D eigenvalue weighted by atomic mass is 10.2. The number of ether oxygens (including phenoxy) is 1. The molecule has 5 aromatic rings. The molecular weight excluding hydrogens is 414 g/mol. The summed E-state index contributed by atoms with van der Waals surface area (Å²) < 4.78 is 35.2. The van der Waals surface area contributed by atoms with Crippen LogP contribution in [-0.2, 0) is 6.61 Å². The number of aryl methyl sites for hydroxylation is 1. The van der Waals surface area contributed by atoms with Gasteiger partial charge in [0.15, 0.2) is 11.4 Å². The van der Waals surface area contributed by atoms with Crippen LogP contribution in [0.3, 0.4) is 0 Å². The third-order valence-corrected chi connectivity index (χ3v) is 5.27. The molecule has 0 aliphatic rings. The number of aromatic amines is 1. The van der Waals surface area contributed by atoms with Gasteiger partial charge in [-0.1, -0.05) is 24.3 Å². The van der Waals surface area contributed by atoms with Crippen LogP contribution in [0.25, 0.3) is 16.6 Å². The van der Waals surface area contributed by atoms with Crippen molar-refractivity contribution in [2.75, 3.05) is 5.32 Å². The molecule has 32 heavy (non-hydrogen) atoms. The molecule has 0 saturated heterocycles. The zero-order chi connectivity index (χ0) is 22.2. The first-order valence-electron chi connectivity index (χ1n) is 9.94. The van der Waals surface area contributed by atoms with Crippen LogP contribution in [0.5, 0.6) is 5.75 Å². The van der Waals surface area contributed by atoms with Crippen LogP contribution >= 0.6 is 0 Å². The lowest BCUT2D eigenvalue weighted by Crippen LogP contribution is -2.15. The van der Waals surface area contributed by atoms with Crippen molar-refractivity contribution in [3.8, 4) is 5.75 Å². The zero-order valence-electron chi connectivity index (χ0n) is 17.0. The van der Waals surface area contributed by atoms with Crippen molar-refractivity contribution in [3.63, 3.8) is 0 Å². The maximum Gasteiger partial charge on any atom is 0.274 e. The number of nitrogens with zero attached hydrogens (tertiary/aromatic N) is 2. The highest BCUT2D eigenvalue weighted by atomic mass is 19.1. The van der Waals surface area contributed by atoms with Gasteiger partial charge in [-0.3, -0.25) is 9.20 Å². The molecule has 160 valence electrons. The average molecular weight is 432 g/mol. The summed E-state index contributed by atoms with van der Waals surface area (Å²) in [6.45, 7) is 1.42. The van der Waals surface area contributed by atoms with E-state index in [0.717, 1.165) is 10.9 Å². The van der Waals surface area contributed by atoms with E-state index in [0.29, 0.717) is 28.5 Å². The van der Waals surface area contributed by atoms with Gasteiger partial charge < -0.3 is 15.0 Å². The number of aromatic nitrogens is 3. The predicted octanol–water partition coefficient (Wildman–Crippen LogP) is 5.23. The molecule has 0 atom stereocenters. The fraction of sp³-hybridized carbons (Fsp3) is 0.0833. The number of hydrogen-bond donors (Lipinski definition) is 2. The number of hydrogen-bond acceptors (Lipinski definition) is 3. The molecule has 0 bridgehead atoms. The van der Waals surface area contributed by atoms with Gasteiger partial charge in [0.25, 0.3) is 5.91 Å². The summed E-state index contributed by atoms with van der Waals surface area (Å²) in [5.41, 5.74) is 2.61. The average Bonchev–Trinajstić information content (AvgIpc) is 3.34. The number of benzene rings is 2. The Balaban J connectivity index is 1.46. The fourth-order valence-corrected chi connectivity index (χ4v) is 3.72. The van der Waals surface area contributed by atoms with Crippen LogP contribution in [0, 0.1) is 18.6 Å². The second-order valence-electron chi connectivity index (χ2n) is 7.30. The molecule has 6 nitrogen and oxygen atoms in total. The van der Waals surface area contributed by atoms with Gasteiger partial charge in [0.1, 0.15) is 23.9 Å². The Labute approximate surface area is 181 Å². The minimum atomic E-state index is -0.685. The monoisotopic (exact) mass is 432 g/mol. The van der Waals surface area contributed by atoms with Gasteiger partial charge in [-0.2, -0.15) is 0 Å². The molecule has 0 unspecified atom stereocenters. The molecule has 0 spiro atoms. The summed E-state index contributed by atoms with van der Waals surface area (Å²) in [5.74, 6) is -1.40. The summed E-state index contributed by atoms with van der Waals surface area (Å²) in [7, 11) is 0. The highest BCUT2D eigenvalue weighted by Gasteiger charge is 2.20. The van der Waals surface area contributed by atoms with Crippen LogP contribution in [-0.4, -0.2) is 20.3 Å². The van der Waals surface area contributed by atoms with Crippen molar-refractivity contribution < 1.29 is 18.3 Å². The molecule has 2 aromatic carbocycles. The van der Waals surface area contributed by atoms with E-state index in [-0.39, 0.29) is 18.1 Å². The fourth-order valence-electron chi connectivity index (χ4n) is 3.72. The van der Waals surface area contributed by atoms with E-state index in [1.807, 2.05) is 24.3 Å². The molecule has 3 aromatic heterocycles. The number of para-hydroxylation sites is 1. The topological polar surface area (TPSA) is 71.4 Å². The maximum absolute atomic E-state index is 13.9. The summed E-state index contributed by atoms with van der Waals surface area (Å²) >= 11 is 0. The van der Waals surface area contributed by atoms with E-state index in [9.17, 15) is 13.6 Å². The van der Waals surface area contributed by atoms with E-state index < -0.39 is 11.6 Å². The molecule has 0 saturated carbocycles. The van der Waals surface area contributed by atoms with Crippen molar-refractivity contribution >= 4 is 28.1 Å². The first kappa shape index (κ1) is 19.7. The van der Waals surface area contributed by atoms with E-state index in [2.05, 4.69) is 15.3 Å². The Hall–Kier alpha value is -4.20. The number of pyridine rings is 1. The molecule has 0 radical (unpaired) electrons. The summed E-state index contributed by atoms with van der Waals surface area (Å²) in [4.78, 5) is 20.7. The molecule has 3 heterocycles. The van der Waals surface area contributed by atoms with Crippen molar-refractivity contribution in [2.24, 2.45) is 0 Å². The largest absolute Gasteiger partial charge is 0.485 e. The number of carbonyl (C=O) groups is 1. The molecule has 2 N–H and O–H groups in total. The highest BCUT2D eigenvalue weighted by molar-refractivity contribution is 6.09. The number of carbonyl (C=O) groups excluding carboxylic acids is 1. The Kier molecular flexibility index (Phi) is 4.82. The van der Waals surface area contributed by atoms with Gasteiger partial charge in [-0.05, 0) is 37.3 Å². The number of halogens is 2. The molecule has 5 rings (SSSR count). The number of anilines is 1. The maximum atomic E-state index is 13.9. The first-order chi connectivity index (χ1) is 15.5. The minimum Gasteiger partial charge on any atom is -0.485 e. The van der Waals surface area contributed by atoms with Gasteiger partial charge in [0, 0.05) is 23.3 Å². The summed E-state index contributed by atoms with van der Waals surface area (Å²) in [6, 6.07) is 14.6. The molecular formula is C24H18F2N4O2. The molecule has 8 heteroatoms. The zero-order valence-corrected chi connectivity index (χ0v) is 17.0. The van der Waals surface area contributed by atoms with E-state index in [1.165, 1.54) is 18.2 Å². The van der Waals surface area contributed by atoms with Gasteiger partial charge in [-0.25, -0.2) is 13.8 Å². The van der Waals surface area contributed by atoms with Crippen LogP contribution in [0.1, 0.15) is 21.7 Å². The van der Waals surface area contributed by atoms with Gasteiger partial charge in [0.2, 0.25) is 0 Å². The van der Waals surface area contributed by atoms with Crippen LogP contribution < -0.4 is 10.1 Å². The molecule has 0 aliphatic carbocycles. The molecule has 1 amide bonds. The normalized spacial score (nSPS) is 11.2. The van der Waals surface area contributed by atoms with Crippen LogP contribution in [0.15, 0.2) is 67.0 Å². The van der Waals surface area contributed by atoms with Crippen LogP contribution in [0.4, 0.5) is 14.5 Å². The van der Waals surface area contributed by atoms with E-state index in [1.54, 1.807) is 35.9 Å². The SMILES string of the molecule is Cc1nc2c(OCc3c(F)cccc3F)cccn2c1C(=O)Nc1c[nH]c2ccccc12. The van der Waals surface area contributed by atoms with E-state index in [4.69, 9.17) is 4.74 Å². The quantitative estimate of drug-likeness (QED) is 0.399. The number of nitrogens with one attached hydrogen (secondary N) is 2. The Morgan fingerprint density at radius 2 is 1.88 bits per heavy atom. The van der Waals surface area contributed by atoms with Gasteiger partial charge >= 0.3 is 0 Å². The Morgan fingerprint density at radius 1 is 1.09 bits per heavy atom. The van der Waals surface area contributed by atoms with Crippen molar-refractivity contribution in [1.29, 1.82) is 0 Å². The number of amides is 1. The summed E-state index contributed by atoms with van der Waals surface area (Å²) in [5, 5.41) is 3.81. The lowest BCUT2D eigenvalue weighted by Gasteiger charge is -2.10. The number of fused-ring (bicyclic) bond motifs is 2. The van der Waals surface area contributed by atoms with Crippen molar-refractivity contribution in [1.82, 2.24) is 14.4 Å². The first-order valence-corrected chi connectivity index (χ1v) is 9.94. The smallest absolute Gasteiger partial charge is 0.274 e. The second kappa shape index (κ2) is 7.81. The highest BCUT2D eigenvalue weighted by Crippen LogP contribution is 2.26. The van der Waals surface area contributed by atoms with Crippen molar-refractivity contribution in [3.05, 3.63) is 95.6 Å². The third-order valence-electron chi connectivity index (χ3n) is 5.27.